The third-order valence-electron chi connectivity index (χ3n) is 4.11. The van der Waals surface area contributed by atoms with E-state index in [0.29, 0.717) is 25.3 Å². The Morgan fingerprint density at radius 2 is 1.78 bits per heavy atom. The van der Waals surface area contributed by atoms with Crippen molar-refractivity contribution in [2.24, 2.45) is 0 Å². The number of nitrogens with zero attached hydrogens (tertiary/aromatic N) is 1. The van der Waals surface area contributed by atoms with Crippen LogP contribution in [0.3, 0.4) is 0 Å². The molecule has 0 radical (unpaired) electrons. The molecule has 0 bridgehead atoms. The molecule has 2 aromatic carbocycles. The Kier molecular flexibility index (Phi) is 8.88. The van der Waals surface area contributed by atoms with E-state index >= 15 is 0 Å². The molecule has 2 amide bonds. The van der Waals surface area contributed by atoms with E-state index in [1.54, 1.807) is 23.6 Å². The van der Waals surface area contributed by atoms with Crippen LogP contribution in [-0.4, -0.2) is 35.1 Å². The highest BCUT2D eigenvalue weighted by atomic mass is 79.9. The number of carbonyl (C=O) groups excluding carboxylic acids is 2. The summed E-state index contributed by atoms with van der Waals surface area (Å²) in [6, 6.07) is 17.3. The molecule has 0 spiro atoms. The normalized spacial score (nSPS) is 11.7. The van der Waals surface area contributed by atoms with E-state index in [4.69, 9.17) is 0 Å². The summed E-state index contributed by atoms with van der Waals surface area (Å²) < 4.78 is 0.986. The first-order valence-corrected chi connectivity index (χ1v) is 10.8. The van der Waals surface area contributed by atoms with Crippen molar-refractivity contribution < 1.29 is 9.59 Å². The van der Waals surface area contributed by atoms with E-state index in [1.807, 2.05) is 61.5 Å². The average Bonchev–Trinajstić information content (AvgIpc) is 2.68. The van der Waals surface area contributed by atoms with Gasteiger partial charge in [-0.25, -0.2) is 0 Å². The number of hydrogen-bond acceptors (Lipinski definition) is 3. The van der Waals surface area contributed by atoms with Gasteiger partial charge >= 0.3 is 0 Å². The maximum atomic E-state index is 12.9. The zero-order valence-corrected chi connectivity index (χ0v) is 18.1. The second-order valence-electron chi connectivity index (χ2n) is 6.13. The molecule has 27 heavy (non-hydrogen) atoms. The van der Waals surface area contributed by atoms with E-state index in [-0.39, 0.29) is 11.8 Å². The maximum absolute atomic E-state index is 12.9. The second-order valence-corrected chi connectivity index (χ2v) is 8.21. The minimum atomic E-state index is -0.511. The molecule has 0 aliphatic heterocycles. The van der Waals surface area contributed by atoms with Crippen LogP contribution in [0.1, 0.15) is 25.8 Å². The van der Waals surface area contributed by atoms with E-state index in [1.165, 1.54) is 0 Å². The van der Waals surface area contributed by atoms with Gasteiger partial charge in [-0.2, -0.15) is 0 Å². The largest absolute Gasteiger partial charge is 0.355 e. The number of nitrogens with one attached hydrogen (secondary N) is 1. The Morgan fingerprint density at radius 1 is 1.11 bits per heavy atom. The van der Waals surface area contributed by atoms with Crippen molar-refractivity contribution in [2.45, 2.75) is 37.8 Å². The predicted octanol–water partition coefficient (Wildman–Crippen LogP) is 4.48. The van der Waals surface area contributed by atoms with E-state index in [9.17, 15) is 9.59 Å². The SMILES string of the molecule is CCNC(=O)C(C)N(Cc1ccc(Br)cc1)C(=O)CCSc1ccccc1. The average molecular weight is 449 g/mol. The standard InChI is InChI=1S/C21H25BrN2O2S/c1-3-23-21(26)16(2)24(15-17-9-11-18(22)12-10-17)20(25)13-14-27-19-7-5-4-6-8-19/h4-12,16H,3,13-15H2,1-2H3,(H,23,26). The Labute approximate surface area is 173 Å². The molecule has 4 nitrogen and oxygen atoms in total. The van der Waals surface area contributed by atoms with Crippen LogP contribution in [0.5, 0.6) is 0 Å². The Balaban J connectivity index is 2.03. The van der Waals surface area contributed by atoms with Crippen molar-refractivity contribution in [3.63, 3.8) is 0 Å². The van der Waals surface area contributed by atoms with Crippen LogP contribution in [0.2, 0.25) is 0 Å². The number of halogens is 1. The lowest BCUT2D eigenvalue weighted by molar-refractivity contribution is -0.140. The highest BCUT2D eigenvalue weighted by Gasteiger charge is 2.25. The van der Waals surface area contributed by atoms with Crippen LogP contribution in [0.15, 0.2) is 64.0 Å². The fourth-order valence-corrected chi connectivity index (χ4v) is 3.73. The van der Waals surface area contributed by atoms with E-state index < -0.39 is 6.04 Å². The number of likely N-dealkylation sites (N-methyl/N-ethyl adjacent to an activating group) is 1. The van der Waals surface area contributed by atoms with Gasteiger partial charge in [-0.1, -0.05) is 46.3 Å². The first kappa shape index (κ1) is 21.5. The second kappa shape index (κ2) is 11.1. The van der Waals surface area contributed by atoms with Crippen LogP contribution in [0.25, 0.3) is 0 Å². The topological polar surface area (TPSA) is 49.4 Å². The Morgan fingerprint density at radius 3 is 2.41 bits per heavy atom. The van der Waals surface area contributed by atoms with Crippen molar-refractivity contribution in [3.05, 3.63) is 64.6 Å². The molecule has 2 aromatic rings. The zero-order chi connectivity index (χ0) is 19.6. The lowest BCUT2D eigenvalue weighted by Crippen LogP contribution is -2.47. The van der Waals surface area contributed by atoms with Crippen molar-refractivity contribution in [1.82, 2.24) is 10.2 Å². The maximum Gasteiger partial charge on any atom is 0.242 e. The summed E-state index contributed by atoms with van der Waals surface area (Å²) in [5.41, 5.74) is 0.999. The van der Waals surface area contributed by atoms with Crippen LogP contribution in [0, 0.1) is 0 Å². The lowest BCUT2D eigenvalue weighted by atomic mass is 10.1. The molecule has 1 N–H and O–H groups in total. The third-order valence-corrected chi connectivity index (χ3v) is 5.65. The number of thioether (sulfide) groups is 1. The number of amides is 2. The minimum absolute atomic E-state index is 0.0138. The van der Waals surface area contributed by atoms with Crippen LogP contribution in [-0.2, 0) is 16.1 Å². The number of rotatable bonds is 9. The van der Waals surface area contributed by atoms with Crippen molar-refractivity contribution in [2.75, 3.05) is 12.3 Å². The molecular formula is C21H25BrN2O2S. The Bertz CT molecular complexity index is 738. The summed E-state index contributed by atoms with van der Waals surface area (Å²) in [4.78, 5) is 28.0. The molecular weight excluding hydrogens is 424 g/mol. The summed E-state index contributed by atoms with van der Waals surface area (Å²) >= 11 is 5.07. The van der Waals surface area contributed by atoms with Gasteiger partial charge in [0, 0.05) is 34.6 Å². The number of benzene rings is 2. The van der Waals surface area contributed by atoms with E-state index in [0.717, 1.165) is 14.9 Å². The molecule has 0 fully saturated rings. The predicted molar refractivity (Wildman–Crippen MR) is 115 cm³/mol. The monoisotopic (exact) mass is 448 g/mol. The highest BCUT2D eigenvalue weighted by Crippen LogP contribution is 2.20. The van der Waals surface area contributed by atoms with Gasteiger partial charge in [0.05, 0.1) is 0 Å². The lowest BCUT2D eigenvalue weighted by Gasteiger charge is -2.28. The fourth-order valence-electron chi connectivity index (χ4n) is 2.61. The summed E-state index contributed by atoms with van der Waals surface area (Å²) in [5, 5.41) is 2.81. The molecule has 1 unspecified atom stereocenters. The van der Waals surface area contributed by atoms with Gasteiger partial charge in [-0.3, -0.25) is 9.59 Å². The summed E-state index contributed by atoms with van der Waals surface area (Å²) in [6.07, 6.45) is 0.389. The third kappa shape index (κ3) is 7.03. The molecule has 144 valence electrons. The van der Waals surface area contributed by atoms with Crippen molar-refractivity contribution in [1.29, 1.82) is 0 Å². The van der Waals surface area contributed by atoms with Gasteiger partial charge in [-0.05, 0) is 43.7 Å². The van der Waals surface area contributed by atoms with Gasteiger partial charge in [0.2, 0.25) is 11.8 Å². The quantitative estimate of drug-likeness (QED) is 0.575. The molecule has 0 aliphatic rings. The first-order chi connectivity index (χ1) is 13.0. The van der Waals surface area contributed by atoms with Gasteiger partial charge < -0.3 is 10.2 Å². The van der Waals surface area contributed by atoms with Gasteiger partial charge in [-0.15, -0.1) is 11.8 Å². The molecule has 0 saturated carbocycles. The number of carbonyl (C=O) groups is 2. The Hall–Kier alpha value is -1.79. The van der Waals surface area contributed by atoms with E-state index in [2.05, 4.69) is 21.2 Å². The molecule has 1 atom stereocenters. The van der Waals surface area contributed by atoms with Gasteiger partial charge in [0.1, 0.15) is 6.04 Å². The van der Waals surface area contributed by atoms with Crippen LogP contribution < -0.4 is 5.32 Å². The molecule has 6 heteroatoms. The van der Waals surface area contributed by atoms with Crippen LogP contribution >= 0.6 is 27.7 Å². The minimum Gasteiger partial charge on any atom is -0.355 e. The van der Waals surface area contributed by atoms with Gasteiger partial charge in [0.15, 0.2) is 0 Å². The smallest absolute Gasteiger partial charge is 0.242 e. The van der Waals surface area contributed by atoms with Crippen LogP contribution in [0.4, 0.5) is 0 Å². The zero-order valence-electron chi connectivity index (χ0n) is 15.7. The fraction of sp³-hybridized carbons (Fsp3) is 0.333. The highest BCUT2D eigenvalue weighted by molar-refractivity contribution is 9.10. The molecule has 0 saturated heterocycles. The van der Waals surface area contributed by atoms with Gasteiger partial charge in [0.25, 0.3) is 0 Å². The molecule has 0 aliphatic carbocycles. The summed E-state index contributed by atoms with van der Waals surface area (Å²) in [5.74, 6) is 0.542. The van der Waals surface area contributed by atoms with Crippen molar-refractivity contribution in [3.8, 4) is 0 Å². The summed E-state index contributed by atoms with van der Waals surface area (Å²) in [6.45, 7) is 4.63. The molecule has 0 heterocycles. The summed E-state index contributed by atoms with van der Waals surface area (Å²) in [7, 11) is 0. The first-order valence-electron chi connectivity index (χ1n) is 9.00. The molecule has 0 aromatic heterocycles. The van der Waals surface area contributed by atoms with Crippen molar-refractivity contribution >= 4 is 39.5 Å². The number of hydrogen-bond donors (Lipinski definition) is 1. The molecule has 2 rings (SSSR count).